The lowest BCUT2D eigenvalue weighted by atomic mass is 10.2. The molecule has 0 amide bonds. The summed E-state index contributed by atoms with van der Waals surface area (Å²) in [5.74, 6) is 0.516. The first kappa shape index (κ1) is 11.9. The maximum Gasteiger partial charge on any atom is 0.151 e. The smallest absolute Gasteiger partial charge is 0.151 e. The van der Waals surface area contributed by atoms with Crippen molar-refractivity contribution in [3.8, 4) is 0 Å². The van der Waals surface area contributed by atoms with Crippen LogP contribution in [0.15, 0.2) is 0 Å². The van der Waals surface area contributed by atoms with Gasteiger partial charge in [0.15, 0.2) is 9.84 Å². The minimum Gasteiger partial charge on any atom is -0.392 e. The highest BCUT2D eigenvalue weighted by Crippen LogP contribution is 2.18. The summed E-state index contributed by atoms with van der Waals surface area (Å²) in [7, 11) is -0.955. The highest BCUT2D eigenvalue weighted by atomic mass is 32.2. The zero-order valence-electron chi connectivity index (χ0n) is 8.43. The summed E-state index contributed by atoms with van der Waals surface area (Å²) in [6.07, 6.45) is 0.686. The Kier molecular flexibility index (Phi) is 3.49. The maximum atomic E-state index is 11.2. The fourth-order valence-corrected chi connectivity index (χ4v) is 3.57. The van der Waals surface area contributed by atoms with Gasteiger partial charge in [0.2, 0.25) is 0 Å². The van der Waals surface area contributed by atoms with Crippen LogP contribution in [0.4, 0.5) is 0 Å². The van der Waals surface area contributed by atoms with Crippen molar-refractivity contribution in [1.82, 2.24) is 4.90 Å². The molecule has 2 unspecified atom stereocenters. The molecule has 1 fully saturated rings. The van der Waals surface area contributed by atoms with Crippen molar-refractivity contribution in [2.24, 2.45) is 5.73 Å². The van der Waals surface area contributed by atoms with E-state index in [1.165, 1.54) is 0 Å². The van der Waals surface area contributed by atoms with Crippen molar-refractivity contribution in [2.45, 2.75) is 25.4 Å². The third-order valence-electron chi connectivity index (χ3n) is 2.81. The number of sulfone groups is 1. The van der Waals surface area contributed by atoms with Gasteiger partial charge in [0.1, 0.15) is 0 Å². The van der Waals surface area contributed by atoms with Crippen molar-refractivity contribution in [3.05, 3.63) is 0 Å². The summed E-state index contributed by atoms with van der Waals surface area (Å²) >= 11 is 4.87. The van der Waals surface area contributed by atoms with Crippen molar-refractivity contribution in [2.75, 3.05) is 18.6 Å². The van der Waals surface area contributed by atoms with Crippen LogP contribution in [0.25, 0.3) is 0 Å². The Labute approximate surface area is 90.4 Å². The van der Waals surface area contributed by atoms with E-state index in [-0.39, 0.29) is 23.6 Å². The molecule has 0 bridgehead atoms. The van der Waals surface area contributed by atoms with E-state index in [1.54, 1.807) is 0 Å². The minimum absolute atomic E-state index is 0.0386. The van der Waals surface area contributed by atoms with Gasteiger partial charge in [0.25, 0.3) is 0 Å². The minimum atomic E-state index is -2.83. The molecule has 0 aromatic rings. The summed E-state index contributed by atoms with van der Waals surface area (Å²) in [6.45, 7) is 1.90. The first-order valence-electron chi connectivity index (χ1n) is 4.55. The third kappa shape index (κ3) is 2.65. The summed E-state index contributed by atoms with van der Waals surface area (Å²) in [5, 5.41) is 0. The average molecular weight is 236 g/mol. The van der Waals surface area contributed by atoms with Crippen LogP contribution in [0.1, 0.15) is 13.3 Å². The molecule has 1 heterocycles. The largest absolute Gasteiger partial charge is 0.392 e. The van der Waals surface area contributed by atoms with Crippen LogP contribution in [0.5, 0.6) is 0 Å². The molecule has 6 heteroatoms. The van der Waals surface area contributed by atoms with Gasteiger partial charge in [-0.3, -0.25) is 4.90 Å². The van der Waals surface area contributed by atoms with Gasteiger partial charge in [-0.15, -0.1) is 0 Å². The second-order valence-electron chi connectivity index (χ2n) is 3.80. The zero-order chi connectivity index (χ0) is 10.9. The van der Waals surface area contributed by atoms with Crippen LogP contribution in [0.2, 0.25) is 0 Å². The quantitative estimate of drug-likeness (QED) is 0.686. The normalized spacial score (nSPS) is 27.8. The van der Waals surface area contributed by atoms with E-state index in [9.17, 15) is 8.42 Å². The predicted molar refractivity (Wildman–Crippen MR) is 61.1 cm³/mol. The van der Waals surface area contributed by atoms with Gasteiger partial charge in [0.05, 0.1) is 22.5 Å². The molecular formula is C8H16N2O2S2. The van der Waals surface area contributed by atoms with Gasteiger partial charge < -0.3 is 5.73 Å². The summed E-state index contributed by atoms with van der Waals surface area (Å²) < 4.78 is 22.5. The molecule has 14 heavy (non-hydrogen) atoms. The molecule has 0 saturated carbocycles. The number of likely N-dealkylation sites (N-methyl/N-ethyl adjacent to an activating group) is 1. The van der Waals surface area contributed by atoms with Gasteiger partial charge >= 0.3 is 0 Å². The lowest BCUT2D eigenvalue weighted by Crippen LogP contribution is -2.45. The first-order valence-corrected chi connectivity index (χ1v) is 6.78. The van der Waals surface area contributed by atoms with Crippen LogP contribution >= 0.6 is 12.2 Å². The fourth-order valence-electron chi connectivity index (χ4n) is 1.61. The molecule has 2 N–H and O–H groups in total. The number of hydrogen-bond donors (Lipinski definition) is 1. The van der Waals surface area contributed by atoms with Crippen molar-refractivity contribution in [1.29, 1.82) is 0 Å². The zero-order valence-corrected chi connectivity index (χ0v) is 10.1. The molecule has 1 saturated heterocycles. The molecule has 0 radical (unpaired) electrons. The molecule has 1 aliphatic heterocycles. The summed E-state index contributed by atoms with van der Waals surface area (Å²) in [4.78, 5) is 2.36. The molecule has 0 spiro atoms. The topological polar surface area (TPSA) is 63.4 Å². The monoisotopic (exact) mass is 236 g/mol. The van der Waals surface area contributed by atoms with E-state index in [4.69, 9.17) is 18.0 Å². The second kappa shape index (κ2) is 4.12. The molecule has 1 rings (SSSR count). The predicted octanol–water partition coefficient (Wildman–Crippen LogP) is -0.220. The number of thiocarbonyl (C=S) groups is 1. The summed E-state index contributed by atoms with van der Waals surface area (Å²) in [6, 6.07) is 0.0276. The van der Waals surface area contributed by atoms with E-state index < -0.39 is 9.84 Å². The third-order valence-corrected chi connectivity index (χ3v) is 4.90. The van der Waals surface area contributed by atoms with E-state index in [0.29, 0.717) is 11.4 Å². The Morgan fingerprint density at radius 1 is 1.64 bits per heavy atom. The van der Waals surface area contributed by atoms with Gasteiger partial charge in [-0.05, 0) is 20.4 Å². The lowest BCUT2D eigenvalue weighted by molar-refractivity contribution is 0.243. The molecule has 82 valence electrons. The van der Waals surface area contributed by atoms with Gasteiger partial charge in [-0.2, -0.15) is 0 Å². The molecular weight excluding hydrogens is 220 g/mol. The van der Waals surface area contributed by atoms with Crippen molar-refractivity contribution in [3.63, 3.8) is 0 Å². The Balaban J connectivity index is 2.64. The van der Waals surface area contributed by atoms with E-state index in [1.807, 2.05) is 18.9 Å². The highest BCUT2D eigenvalue weighted by Gasteiger charge is 2.32. The summed E-state index contributed by atoms with van der Waals surface area (Å²) in [5.41, 5.74) is 5.51. The standard InChI is InChI=1S/C8H16N2O2S2/c1-6(8(9)13)10(2)7-3-4-14(11,12)5-7/h6-7H,3-5H2,1-2H3,(H2,9,13). The molecule has 0 aromatic heterocycles. The van der Waals surface area contributed by atoms with Crippen molar-refractivity contribution >= 4 is 27.0 Å². The van der Waals surface area contributed by atoms with E-state index >= 15 is 0 Å². The van der Waals surface area contributed by atoms with E-state index in [0.717, 1.165) is 0 Å². The lowest BCUT2D eigenvalue weighted by Gasteiger charge is -2.28. The fraction of sp³-hybridized carbons (Fsp3) is 0.875. The van der Waals surface area contributed by atoms with Gasteiger partial charge in [0, 0.05) is 6.04 Å². The molecule has 0 aromatic carbocycles. The van der Waals surface area contributed by atoms with E-state index in [2.05, 4.69) is 0 Å². The maximum absolute atomic E-state index is 11.2. The van der Waals surface area contributed by atoms with Crippen molar-refractivity contribution < 1.29 is 8.42 Å². The van der Waals surface area contributed by atoms with Crippen LogP contribution in [0.3, 0.4) is 0 Å². The number of hydrogen-bond acceptors (Lipinski definition) is 4. The number of nitrogens with two attached hydrogens (primary N) is 1. The SMILES string of the molecule is CC(C(N)=S)N(C)C1CCS(=O)(=O)C1. The number of rotatable bonds is 3. The Hall–Kier alpha value is -0.200. The van der Waals surface area contributed by atoms with Crippen LogP contribution < -0.4 is 5.73 Å². The Morgan fingerprint density at radius 2 is 2.21 bits per heavy atom. The average Bonchev–Trinajstić information content (AvgIpc) is 2.43. The Bertz CT molecular complexity index is 326. The van der Waals surface area contributed by atoms with Crippen LogP contribution in [-0.2, 0) is 9.84 Å². The van der Waals surface area contributed by atoms with Crippen LogP contribution in [0, 0.1) is 0 Å². The number of nitrogens with zero attached hydrogens (tertiary/aromatic N) is 1. The molecule has 1 aliphatic rings. The first-order chi connectivity index (χ1) is 6.33. The molecule has 2 atom stereocenters. The Morgan fingerprint density at radius 3 is 2.57 bits per heavy atom. The van der Waals surface area contributed by atoms with Crippen LogP contribution in [-0.4, -0.2) is 48.9 Å². The highest BCUT2D eigenvalue weighted by molar-refractivity contribution is 7.91. The molecule has 0 aliphatic carbocycles. The van der Waals surface area contributed by atoms with Gasteiger partial charge in [-0.25, -0.2) is 8.42 Å². The van der Waals surface area contributed by atoms with Gasteiger partial charge in [-0.1, -0.05) is 12.2 Å². The second-order valence-corrected chi connectivity index (χ2v) is 6.50. The molecule has 4 nitrogen and oxygen atoms in total.